The van der Waals surface area contributed by atoms with Crippen molar-refractivity contribution in [1.29, 1.82) is 0 Å². The molecule has 0 fully saturated rings. The zero-order valence-electron chi connectivity index (χ0n) is 10.6. The zero-order chi connectivity index (χ0) is 12.5. The Bertz CT molecular complexity index is 681. The van der Waals surface area contributed by atoms with E-state index < -0.39 is 0 Å². The minimum Gasteiger partial charge on any atom is -0.347 e. The van der Waals surface area contributed by atoms with E-state index in [9.17, 15) is 0 Å². The van der Waals surface area contributed by atoms with Gasteiger partial charge >= 0.3 is 0 Å². The molecule has 0 aliphatic carbocycles. The van der Waals surface area contributed by atoms with E-state index in [-0.39, 0.29) is 0 Å². The van der Waals surface area contributed by atoms with Gasteiger partial charge in [0.05, 0.1) is 0 Å². The monoisotopic (exact) mass is 237 g/mol. The van der Waals surface area contributed by atoms with E-state index >= 15 is 0 Å². The Balaban J connectivity index is 2.32. The average molecular weight is 237 g/mol. The number of aromatic nitrogens is 1. The molecule has 1 aromatic heterocycles. The molecule has 3 aromatic rings. The second-order valence-corrected chi connectivity index (χ2v) is 4.55. The Morgan fingerprint density at radius 1 is 1.06 bits per heavy atom. The van der Waals surface area contributed by atoms with Crippen LogP contribution in [0.25, 0.3) is 22.0 Å². The van der Waals surface area contributed by atoms with Gasteiger partial charge in [-0.15, -0.1) is 0 Å². The Labute approximate surface area is 107 Å². The molecule has 0 bridgehead atoms. The molecule has 0 spiro atoms. The molecule has 3 N–H and O–H groups in total. The highest BCUT2D eigenvalue weighted by Gasteiger charge is 2.10. The topological polar surface area (TPSA) is 32.6 Å². The lowest BCUT2D eigenvalue weighted by atomic mass is 10.0. The minimum absolute atomic E-state index is 0.986. The third kappa shape index (κ3) is 1.71. The molecule has 3 rings (SSSR count). The van der Waals surface area contributed by atoms with Crippen LogP contribution in [0.3, 0.4) is 0 Å². The Kier molecular flexibility index (Phi) is 2.65. The Morgan fingerprint density at radius 2 is 1.83 bits per heavy atom. The van der Waals surface area contributed by atoms with E-state index in [1.165, 1.54) is 22.0 Å². The standard InChI is InChI=1S/C16H16N2/c1-2-18-11-15(12-6-4-3-5-7-12)14-10-13(17)8-9-16(14)18/h3-11H,2,17H2,1H3/p+1. The Hall–Kier alpha value is -2.06. The van der Waals surface area contributed by atoms with Crippen molar-refractivity contribution in [1.82, 2.24) is 4.57 Å². The third-order valence-corrected chi connectivity index (χ3v) is 3.37. The van der Waals surface area contributed by atoms with Crippen LogP contribution in [0.4, 0.5) is 5.69 Å². The molecule has 2 nitrogen and oxygen atoms in total. The van der Waals surface area contributed by atoms with Crippen LogP contribution in [0.2, 0.25) is 0 Å². The van der Waals surface area contributed by atoms with Gasteiger partial charge in [-0.25, -0.2) is 0 Å². The van der Waals surface area contributed by atoms with E-state index in [4.69, 9.17) is 0 Å². The van der Waals surface area contributed by atoms with Crippen LogP contribution in [0.15, 0.2) is 54.7 Å². The zero-order valence-corrected chi connectivity index (χ0v) is 10.6. The molecule has 0 saturated carbocycles. The second kappa shape index (κ2) is 4.31. The molecular formula is C16H17N2+. The number of rotatable bonds is 2. The summed E-state index contributed by atoms with van der Waals surface area (Å²) < 4.78 is 2.29. The predicted octanol–water partition coefficient (Wildman–Crippen LogP) is 3.20. The fourth-order valence-corrected chi connectivity index (χ4v) is 2.45. The summed E-state index contributed by atoms with van der Waals surface area (Å²) in [6.07, 6.45) is 2.24. The van der Waals surface area contributed by atoms with Gasteiger partial charge in [0.1, 0.15) is 5.69 Å². The van der Waals surface area contributed by atoms with Crippen LogP contribution >= 0.6 is 0 Å². The smallest absolute Gasteiger partial charge is 0.128 e. The van der Waals surface area contributed by atoms with Gasteiger partial charge in [0.25, 0.3) is 0 Å². The van der Waals surface area contributed by atoms with Gasteiger partial charge in [0, 0.05) is 41.3 Å². The lowest BCUT2D eigenvalue weighted by Gasteiger charge is -1.99. The maximum Gasteiger partial charge on any atom is 0.128 e. The average Bonchev–Trinajstić information content (AvgIpc) is 2.77. The van der Waals surface area contributed by atoms with Crippen LogP contribution in [-0.4, -0.2) is 4.57 Å². The first-order chi connectivity index (χ1) is 8.79. The quantitative estimate of drug-likeness (QED) is 0.710. The van der Waals surface area contributed by atoms with Crippen molar-refractivity contribution in [3.05, 3.63) is 54.7 Å². The van der Waals surface area contributed by atoms with Gasteiger partial charge in [-0.3, -0.25) is 0 Å². The summed E-state index contributed by atoms with van der Waals surface area (Å²) in [5.74, 6) is 0. The van der Waals surface area contributed by atoms with E-state index in [0.29, 0.717) is 0 Å². The van der Waals surface area contributed by atoms with E-state index in [2.05, 4.69) is 72.0 Å². The maximum atomic E-state index is 4.03. The molecule has 0 aliphatic heterocycles. The van der Waals surface area contributed by atoms with Crippen LogP contribution in [0.1, 0.15) is 6.92 Å². The highest BCUT2D eigenvalue weighted by molar-refractivity contribution is 5.97. The molecular weight excluding hydrogens is 220 g/mol. The molecule has 18 heavy (non-hydrogen) atoms. The van der Waals surface area contributed by atoms with Crippen molar-refractivity contribution in [2.24, 2.45) is 0 Å². The fourth-order valence-electron chi connectivity index (χ4n) is 2.45. The van der Waals surface area contributed by atoms with E-state index in [0.717, 1.165) is 12.2 Å². The Morgan fingerprint density at radius 3 is 2.56 bits per heavy atom. The SMILES string of the molecule is CCn1cc(-c2ccccc2)c2cc([NH3+])ccc21. The van der Waals surface area contributed by atoms with Crippen molar-refractivity contribution in [2.45, 2.75) is 13.5 Å². The molecule has 0 amide bonds. The number of quaternary nitrogens is 1. The van der Waals surface area contributed by atoms with Crippen LogP contribution in [0, 0.1) is 0 Å². The first-order valence-corrected chi connectivity index (χ1v) is 6.30. The molecule has 0 aliphatic rings. The van der Waals surface area contributed by atoms with Gasteiger partial charge in [-0.05, 0) is 18.6 Å². The highest BCUT2D eigenvalue weighted by atomic mass is 14.9. The fraction of sp³-hybridized carbons (Fsp3) is 0.125. The summed E-state index contributed by atoms with van der Waals surface area (Å²) in [5, 5.41) is 1.29. The summed E-state index contributed by atoms with van der Waals surface area (Å²) in [6.45, 7) is 3.16. The summed E-state index contributed by atoms with van der Waals surface area (Å²) >= 11 is 0. The maximum absolute atomic E-state index is 4.03. The number of fused-ring (bicyclic) bond motifs is 1. The third-order valence-electron chi connectivity index (χ3n) is 3.37. The number of hydrogen-bond acceptors (Lipinski definition) is 0. The normalized spacial score (nSPS) is 11.0. The van der Waals surface area contributed by atoms with Gasteiger partial charge in [-0.2, -0.15) is 0 Å². The summed E-state index contributed by atoms with van der Waals surface area (Å²) in [4.78, 5) is 0. The molecule has 0 atom stereocenters. The molecule has 90 valence electrons. The van der Waals surface area contributed by atoms with E-state index in [1.54, 1.807) is 0 Å². The van der Waals surface area contributed by atoms with Gasteiger partial charge in [-0.1, -0.05) is 30.3 Å². The lowest BCUT2D eigenvalue weighted by molar-refractivity contribution is -0.254. The van der Waals surface area contributed by atoms with Crippen LogP contribution in [0.5, 0.6) is 0 Å². The van der Waals surface area contributed by atoms with E-state index in [1.807, 2.05) is 0 Å². The van der Waals surface area contributed by atoms with Crippen LogP contribution < -0.4 is 5.73 Å². The molecule has 0 radical (unpaired) electrons. The summed E-state index contributed by atoms with van der Waals surface area (Å²) in [7, 11) is 0. The number of aryl methyl sites for hydroxylation is 1. The molecule has 0 saturated heterocycles. The predicted molar refractivity (Wildman–Crippen MR) is 75.6 cm³/mol. The first-order valence-electron chi connectivity index (χ1n) is 6.30. The molecule has 2 aromatic carbocycles. The molecule has 2 heteroatoms. The second-order valence-electron chi connectivity index (χ2n) is 4.55. The molecule has 1 heterocycles. The summed E-state index contributed by atoms with van der Waals surface area (Å²) in [6, 6.07) is 16.9. The van der Waals surface area contributed by atoms with Crippen molar-refractivity contribution < 1.29 is 5.73 Å². The van der Waals surface area contributed by atoms with Crippen molar-refractivity contribution >= 4 is 16.6 Å². The van der Waals surface area contributed by atoms with Gasteiger partial charge < -0.3 is 10.3 Å². The first kappa shape index (κ1) is 11.1. The van der Waals surface area contributed by atoms with Gasteiger partial charge in [0.2, 0.25) is 0 Å². The van der Waals surface area contributed by atoms with Crippen molar-refractivity contribution in [2.75, 3.05) is 0 Å². The minimum atomic E-state index is 0.986. The number of hydrogen-bond donors (Lipinski definition) is 1. The van der Waals surface area contributed by atoms with Crippen molar-refractivity contribution in [3.8, 4) is 11.1 Å². The van der Waals surface area contributed by atoms with Crippen LogP contribution in [-0.2, 0) is 6.54 Å². The molecule has 0 unspecified atom stereocenters. The lowest BCUT2D eigenvalue weighted by Crippen LogP contribution is -2.39. The number of nitrogens with zero attached hydrogens (tertiary/aromatic N) is 1. The van der Waals surface area contributed by atoms with Crippen molar-refractivity contribution in [3.63, 3.8) is 0 Å². The number of benzene rings is 2. The largest absolute Gasteiger partial charge is 0.347 e. The summed E-state index contributed by atoms with van der Waals surface area (Å²) in [5.41, 5.74) is 8.93. The highest BCUT2D eigenvalue weighted by Crippen LogP contribution is 2.31. The van der Waals surface area contributed by atoms with Gasteiger partial charge in [0.15, 0.2) is 0 Å².